The number of sulfonamides is 1. The number of carbonyl (C=O) groups is 2. The molecule has 0 aliphatic heterocycles. The van der Waals surface area contributed by atoms with Crippen LogP contribution >= 0.6 is 0 Å². The summed E-state index contributed by atoms with van der Waals surface area (Å²) in [6, 6.07) is 6.55. The molecule has 9 heteroatoms. The van der Waals surface area contributed by atoms with Crippen molar-refractivity contribution in [3.8, 4) is 0 Å². The van der Waals surface area contributed by atoms with Crippen LogP contribution in [0, 0.1) is 0 Å². The molecule has 156 valence electrons. The summed E-state index contributed by atoms with van der Waals surface area (Å²) in [7, 11) is -0.647. The van der Waals surface area contributed by atoms with E-state index in [2.05, 4.69) is 16.0 Å². The van der Waals surface area contributed by atoms with Gasteiger partial charge in [0.2, 0.25) is 15.9 Å². The van der Waals surface area contributed by atoms with Gasteiger partial charge < -0.3 is 16.0 Å². The van der Waals surface area contributed by atoms with Crippen LogP contribution in [0.25, 0.3) is 0 Å². The second-order valence-corrected chi connectivity index (χ2v) is 9.28. The van der Waals surface area contributed by atoms with Crippen LogP contribution in [0.15, 0.2) is 29.2 Å². The lowest BCUT2D eigenvalue weighted by molar-refractivity contribution is -0.121. The van der Waals surface area contributed by atoms with Crippen LogP contribution in [0.2, 0.25) is 0 Å². The number of nitrogens with zero attached hydrogens (tertiary/aromatic N) is 1. The molecule has 1 aliphatic rings. The zero-order chi connectivity index (χ0) is 20.6. The summed E-state index contributed by atoms with van der Waals surface area (Å²) in [6.45, 7) is 0.332. The fraction of sp³-hybridized carbons (Fsp3) is 0.579. The molecule has 2 rings (SSSR count). The zero-order valence-electron chi connectivity index (χ0n) is 16.5. The Labute approximate surface area is 167 Å². The quantitative estimate of drug-likeness (QED) is 0.605. The fourth-order valence-corrected chi connectivity index (χ4v) is 4.27. The van der Waals surface area contributed by atoms with E-state index in [0.29, 0.717) is 5.56 Å². The number of carbonyl (C=O) groups excluding carboxylic acids is 2. The number of benzene rings is 1. The van der Waals surface area contributed by atoms with E-state index in [1.807, 2.05) is 0 Å². The highest BCUT2D eigenvalue weighted by Crippen LogP contribution is 2.18. The van der Waals surface area contributed by atoms with Gasteiger partial charge in [-0.1, -0.05) is 37.5 Å². The number of rotatable bonds is 8. The van der Waals surface area contributed by atoms with Gasteiger partial charge >= 0.3 is 6.03 Å². The van der Waals surface area contributed by atoms with Crippen molar-refractivity contribution in [2.75, 3.05) is 20.6 Å². The summed E-state index contributed by atoms with van der Waals surface area (Å²) in [5, 5.41) is 8.34. The SMILES string of the molecule is CN(C)S(=O)(=O)c1ccccc1CNC(=O)CCNC(=O)NC1CCCCC1. The van der Waals surface area contributed by atoms with Crippen LogP contribution < -0.4 is 16.0 Å². The first kappa shape index (κ1) is 22.2. The monoisotopic (exact) mass is 410 g/mol. The number of urea groups is 1. The Hall–Kier alpha value is -2.13. The van der Waals surface area contributed by atoms with Gasteiger partial charge in [-0.05, 0) is 24.5 Å². The molecule has 0 spiro atoms. The third kappa shape index (κ3) is 6.49. The van der Waals surface area contributed by atoms with Crippen LogP contribution in [0.3, 0.4) is 0 Å². The topological polar surface area (TPSA) is 108 Å². The van der Waals surface area contributed by atoms with Gasteiger partial charge in [0.05, 0.1) is 4.90 Å². The molecule has 3 amide bonds. The van der Waals surface area contributed by atoms with E-state index in [9.17, 15) is 18.0 Å². The molecule has 28 heavy (non-hydrogen) atoms. The minimum Gasteiger partial charge on any atom is -0.352 e. The van der Waals surface area contributed by atoms with Gasteiger partial charge in [0.25, 0.3) is 0 Å². The molecule has 0 bridgehead atoms. The molecule has 1 aromatic carbocycles. The summed E-state index contributed by atoms with van der Waals surface area (Å²) >= 11 is 0. The smallest absolute Gasteiger partial charge is 0.315 e. The summed E-state index contributed by atoms with van der Waals surface area (Å²) in [5.41, 5.74) is 0.521. The number of hydrogen-bond donors (Lipinski definition) is 3. The van der Waals surface area contributed by atoms with E-state index >= 15 is 0 Å². The van der Waals surface area contributed by atoms with Crippen molar-refractivity contribution in [3.63, 3.8) is 0 Å². The molecule has 0 unspecified atom stereocenters. The van der Waals surface area contributed by atoms with E-state index in [0.717, 1.165) is 30.0 Å². The number of nitrogens with one attached hydrogen (secondary N) is 3. The van der Waals surface area contributed by atoms with Gasteiger partial charge in [0, 0.05) is 39.6 Å². The minimum absolute atomic E-state index is 0.107. The summed E-state index contributed by atoms with van der Waals surface area (Å²) < 4.78 is 25.9. The first-order valence-electron chi connectivity index (χ1n) is 9.62. The van der Waals surface area contributed by atoms with E-state index < -0.39 is 10.0 Å². The van der Waals surface area contributed by atoms with Crippen LogP contribution in [-0.2, 0) is 21.4 Å². The molecule has 0 atom stereocenters. The maximum absolute atomic E-state index is 12.4. The second-order valence-electron chi connectivity index (χ2n) is 7.16. The maximum atomic E-state index is 12.4. The number of hydrogen-bond acceptors (Lipinski definition) is 4. The van der Waals surface area contributed by atoms with E-state index in [-0.39, 0.29) is 42.4 Å². The molecule has 8 nitrogen and oxygen atoms in total. The van der Waals surface area contributed by atoms with Gasteiger partial charge in [-0.3, -0.25) is 4.79 Å². The van der Waals surface area contributed by atoms with E-state index in [1.54, 1.807) is 18.2 Å². The van der Waals surface area contributed by atoms with Crippen LogP contribution in [0.4, 0.5) is 4.79 Å². The third-order valence-corrected chi connectivity index (χ3v) is 6.70. The molecular weight excluding hydrogens is 380 g/mol. The molecule has 0 saturated heterocycles. The van der Waals surface area contributed by atoms with E-state index in [1.165, 1.54) is 26.6 Å². The predicted octanol–water partition coefficient (Wildman–Crippen LogP) is 1.58. The molecule has 1 saturated carbocycles. The number of amides is 3. The first-order chi connectivity index (χ1) is 13.3. The molecular formula is C19H30N4O4S. The van der Waals surface area contributed by atoms with Crippen molar-refractivity contribution in [3.05, 3.63) is 29.8 Å². The highest BCUT2D eigenvalue weighted by atomic mass is 32.2. The molecule has 0 radical (unpaired) electrons. The summed E-state index contributed by atoms with van der Waals surface area (Å²) in [5.74, 6) is -0.255. The first-order valence-corrected chi connectivity index (χ1v) is 11.1. The lowest BCUT2D eigenvalue weighted by Gasteiger charge is -2.22. The van der Waals surface area contributed by atoms with E-state index in [4.69, 9.17) is 0 Å². The Morgan fingerprint density at radius 2 is 1.75 bits per heavy atom. The van der Waals surface area contributed by atoms with Crippen molar-refractivity contribution in [2.45, 2.75) is 56.0 Å². The van der Waals surface area contributed by atoms with Crippen molar-refractivity contribution >= 4 is 22.0 Å². The Balaban J connectivity index is 1.76. The second kappa shape index (κ2) is 10.4. The predicted molar refractivity (Wildman–Crippen MR) is 107 cm³/mol. The normalized spacial score (nSPS) is 15.2. The van der Waals surface area contributed by atoms with Gasteiger partial charge in [-0.25, -0.2) is 17.5 Å². The highest BCUT2D eigenvalue weighted by molar-refractivity contribution is 7.89. The van der Waals surface area contributed by atoms with Crippen molar-refractivity contribution in [1.82, 2.24) is 20.3 Å². The van der Waals surface area contributed by atoms with Crippen LogP contribution in [0.1, 0.15) is 44.1 Å². The zero-order valence-corrected chi connectivity index (χ0v) is 17.3. The summed E-state index contributed by atoms with van der Waals surface area (Å²) in [4.78, 5) is 24.1. The Bertz CT molecular complexity index is 774. The molecule has 3 N–H and O–H groups in total. The fourth-order valence-electron chi connectivity index (χ4n) is 3.15. The molecule has 0 aromatic heterocycles. The van der Waals surface area contributed by atoms with Gasteiger partial charge in [-0.2, -0.15) is 0 Å². The highest BCUT2D eigenvalue weighted by Gasteiger charge is 2.21. The van der Waals surface area contributed by atoms with Crippen molar-refractivity contribution in [2.24, 2.45) is 0 Å². The average molecular weight is 411 g/mol. The van der Waals surface area contributed by atoms with Crippen molar-refractivity contribution in [1.29, 1.82) is 0 Å². The molecule has 1 fully saturated rings. The lowest BCUT2D eigenvalue weighted by Crippen LogP contribution is -2.43. The van der Waals surface area contributed by atoms with Crippen LogP contribution in [-0.4, -0.2) is 51.3 Å². The van der Waals surface area contributed by atoms with Crippen LogP contribution in [0.5, 0.6) is 0 Å². The Kier molecular flexibility index (Phi) is 8.25. The lowest BCUT2D eigenvalue weighted by atomic mass is 9.96. The molecule has 0 heterocycles. The standard InChI is InChI=1S/C19H30N4O4S/c1-23(2)28(26,27)17-11-7-6-8-15(17)14-21-18(24)12-13-20-19(25)22-16-9-4-3-5-10-16/h6-8,11,16H,3-5,9-10,12-14H2,1-2H3,(H,21,24)(H2,20,22,25). The summed E-state index contributed by atoms with van der Waals surface area (Å²) in [6.07, 6.45) is 5.63. The molecule has 1 aromatic rings. The largest absolute Gasteiger partial charge is 0.352 e. The van der Waals surface area contributed by atoms with Gasteiger partial charge in [0.15, 0.2) is 0 Å². The average Bonchev–Trinajstić information content (AvgIpc) is 2.67. The van der Waals surface area contributed by atoms with Crippen molar-refractivity contribution < 1.29 is 18.0 Å². The van der Waals surface area contributed by atoms with Gasteiger partial charge in [-0.15, -0.1) is 0 Å². The Morgan fingerprint density at radius 3 is 2.43 bits per heavy atom. The maximum Gasteiger partial charge on any atom is 0.315 e. The van der Waals surface area contributed by atoms with Gasteiger partial charge in [0.1, 0.15) is 0 Å². The Morgan fingerprint density at radius 1 is 1.07 bits per heavy atom. The third-order valence-electron chi connectivity index (χ3n) is 4.79. The minimum atomic E-state index is -3.58. The molecule has 1 aliphatic carbocycles.